The molecule has 1 aliphatic rings. The van der Waals surface area contributed by atoms with E-state index in [-0.39, 0.29) is 18.2 Å². The third-order valence-electron chi connectivity index (χ3n) is 3.42. The van der Waals surface area contributed by atoms with E-state index in [2.05, 4.69) is 4.72 Å². The van der Waals surface area contributed by atoms with Crippen LogP contribution in [0.15, 0.2) is 24.3 Å². The Labute approximate surface area is 124 Å². The number of likely N-dealkylation sites (tertiary alicyclic amines) is 1. The number of nitrogens with one attached hydrogen (secondary N) is 1. The van der Waals surface area contributed by atoms with Gasteiger partial charge in [0.05, 0.1) is 12.3 Å². The number of rotatable bonds is 5. The number of sulfonamides is 1. The normalized spacial score (nSPS) is 16.0. The molecule has 1 fully saturated rings. The van der Waals surface area contributed by atoms with Crippen LogP contribution in [-0.4, -0.2) is 38.9 Å². The summed E-state index contributed by atoms with van der Waals surface area (Å²) in [4.78, 5) is 13.6. The Kier molecular flexibility index (Phi) is 5.30. The monoisotopic (exact) mass is 314 g/mol. The molecule has 1 N–H and O–H groups in total. The fourth-order valence-corrected chi connectivity index (χ4v) is 3.35. The molecule has 0 bridgehead atoms. The summed E-state index contributed by atoms with van der Waals surface area (Å²) in [5.41, 5.74) is 0.481. The van der Waals surface area contributed by atoms with Gasteiger partial charge in [0.15, 0.2) is 0 Å². The van der Waals surface area contributed by atoms with Crippen LogP contribution in [0.5, 0.6) is 0 Å². The summed E-state index contributed by atoms with van der Waals surface area (Å²) in [5, 5.41) is 0. The number of nitrogens with zero attached hydrogens (tertiary/aromatic N) is 1. The van der Waals surface area contributed by atoms with Gasteiger partial charge in [0.2, 0.25) is 15.9 Å². The first kappa shape index (κ1) is 15.9. The lowest BCUT2D eigenvalue weighted by molar-refractivity contribution is -0.130. The minimum Gasteiger partial charge on any atom is -0.342 e. The van der Waals surface area contributed by atoms with E-state index >= 15 is 0 Å². The van der Waals surface area contributed by atoms with Gasteiger partial charge in [-0.1, -0.05) is 12.1 Å². The fourth-order valence-electron chi connectivity index (χ4n) is 2.28. The maximum atomic E-state index is 12.8. The predicted molar refractivity (Wildman–Crippen MR) is 77.5 cm³/mol. The standard InChI is InChI=1S/C14H19FN2O3S/c15-13-6-4-12(5-7-13)11-21(19,20)16-10-14(18)17-8-2-1-3-9-17/h4-7,16H,1-3,8-11H2. The largest absolute Gasteiger partial charge is 0.342 e. The van der Waals surface area contributed by atoms with Gasteiger partial charge in [-0.2, -0.15) is 0 Å². The number of halogens is 1. The SMILES string of the molecule is O=C(CNS(=O)(=O)Cc1ccc(F)cc1)N1CCCCC1. The number of carbonyl (C=O) groups is 1. The lowest BCUT2D eigenvalue weighted by atomic mass is 10.1. The van der Waals surface area contributed by atoms with Crippen LogP contribution in [0.2, 0.25) is 0 Å². The maximum absolute atomic E-state index is 12.8. The Hall–Kier alpha value is -1.47. The van der Waals surface area contributed by atoms with Crippen molar-refractivity contribution in [2.45, 2.75) is 25.0 Å². The summed E-state index contributed by atoms with van der Waals surface area (Å²) in [7, 11) is -3.60. The molecule has 0 aromatic heterocycles. The number of carbonyl (C=O) groups excluding carboxylic acids is 1. The molecule has 116 valence electrons. The molecule has 7 heteroatoms. The van der Waals surface area contributed by atoms with Crippen LogP contribution >= 0.6 is 0 Å². The molecule has 1 aromatic rings. The second kappa shape index (κ2) is 7.00. The van der Waals surface area contributed by atoms with Gasteiger partial charge in [0, 0.05) is 13.1 Å². The Morgan fingerprint density at radius 3 is 2.38 bits per heavy atom. The Morgan fingerprint density at radius 1 is 1.14 bits per heavy atom. The van der Waals surface area contributed by atoms with E-state index in [1.54, 1.807) is 4.90 Å². The fraction of sp³-hybridized carbons (Fsp3) is 0.500. The van der Waals surface area contributed by atoms with Crippen molar-refractivity contribution in [3.63, 3.8) is 0 Å². The summed E-state index contributed by atoms with van der Waals surface area (Å²) < 4.78 is 38.9. The molecule has 0 saturated carbocycles. The quantitative estimate of drug-likeness (QED) is 0.890. The third-order valence-corrected chi connectivity index (χ3v) is 4.72. The molecule has 1 aromatic carbocycles. The van der Waals surface area contributed by atoms with Crippen LogP contribution < -0.4 is 4.72 Å². The van der Waals surface area contributed by atoms with Crippen molar-refractivity contribution in [3.05, 3.63) is 35.6 Å². The maximum Gasteiger partial charge on any atom is 0.237 e. The van der Waals surface area contributed by atoms with Gasteiger partial charge in [-0.05, 0) is 37.0 Å². The molecule has 0 spiro atoms. The predicted octanol–water partition coefficient (Wildman–Crippen LogP) is 1.26. The summed E-state index contributed by atoms with van der Waals surface area (Å²) >= 11 is 0. The van der Waals surface area contributed by atoms with Gasteiger partial charge in [-0.25, -0.2) is 17.5 Å². The zero-order valence-corrected chi connectivity index (χ0v) is 12.5. The van der Waals surface area contributed by atoms with Gasteiger partial charge >= 0.3 is 0 Å². The van der Waals surface area contributed by atoms with Crippen molar-refractivity contribution in [3.8, 4) is 0 Å². The summed E-state index contributed by atoms with van der Waals surface area (Å²) in [6, 6.07) is 5.26. The highest BCUT2D eigenvalue weighted by molar-refractivity contribution is 7.88. The minimum absolute atomic E-state index is 0.197. The number of hydrogen-bond acceptors (Lipinski definition) is 3. The lowest BCUT2D eigenvalue weighted by Crippen LogP contribution is -2.42. The second-order valence-corrected chi connectivity index (χ2v) is 6.95. The summed E-state index contributed by atoms with van der Waals surface area (Å²) in [5.74, 6) is -0.873. The topological polar surface area (TPSA) is 66.5 Å². The van der Waals surface area contributed by atoms with Crippen molar-refractivity contribution in [1.82, 2.24) is 9.62 Å². The van der Waals surface area contributed by atoms with Crippen LogP contribution in [-0.2, 0) is 20.6 Å². The first-order chi connectivity index (χ1) is 9.96. The first-order valence-corrected chi connectivity index (χ1v) is 8.61. The van der Waals surface area contributed by atoms with E-state index in [1.807, 2.05) is 0 Å². The zero-order chi connectivity index (χ0) is 15.3. The van der Waals surface area contributed by atoms with Gasteiger partial charge in [0.1, 0.15) is 5.82 Å². The van der Waals surface area contributed by atoms with Crippen LogP contribution in [0.3, 0.4) is 0 Å². The van der Waals surface area contributed by atoms with Gasteiger partial charge in [-0.3, -0.25) is 4.79 Å². The first-order valence-electron chi connectivity index (χ1n) is 6.96. The van der Waals surface area contributed by atoms with Crippen LogP contribution in [0.4, 0.5) is 4.39 Å². The smallest absolute Gasteiger partial charge is 0.237 e. The van der Waals surface area contributed by atoms with Crippen LogP contribution in [0, 0.1) is 5.82 Å². The number of benzene rings is 1. The van der Waals surface area contributed by atoms with E-state index in [9.17, 15) is 17.6 Å². The average molecular weight is 314 g/mol. The van der Waals surface area contributed by atoms with Crippen molar-refractivity contribution < 1.29 is 17.6 Å². The van der Waals surface area contributed by atoms with E-state index in [1.165, 1.54) is 24.3 Å². The highest BCUT2D eigenvalue weighted by atomic mass is 32.2. The van der Waals surface area contributed by atoms with Gasteiger partial charge < -0.3 is 4.90 Å². The number of amides is 1. The molecule has 0 atom stereocenters. The van der Waals surface area contributed by atoms with E-state index in [4.69, 9.17) is 0 Å². The highest BCUT2D eigenvalue weighted by Gasteiger charge is 2.19. The van der Waals surface area contributed by atoms with E-state index in [0.717, 1.165) is 19.3 Å². The van der Waals surface area contributed by atoms with Crippen molar-refractivity contribution >= 4 is 15.9 Å². The molecule has 0 aliphatic carbocycles. The molecule has 1 heterocycles. The molecule has 1 saturated heterocycles. The Balaban J connectivity index is 1.85. The van der Waals surface area contributed by atoms with Crippen LogP contribution in [0.1, 0.15) is 24.8 Å². The van der Waals surface area contributed by atoms with E-state index in [0.29, 0.717) is 18.7 Å². The van der Waals surface area contributed by atoms with Gasteiger partial charge in [-0.15, -0.1) is 0 Å². The molecule has 2 rings (SSSR count). The Morgan fingerprint density at radius 2 is 1.76 bits per heavy atom. The molecular weight excluding hydrogens is 295 g/mol. The van der Waals surface area contributed by atoms with E-state index < -0.39 is 15.8 Å². The van der Waals surface area contributed by atoms with Crippen molar-refractivity contribution in [1.29, 1.82) is 0 Å². The highest BCUT2D eigenvalue weighted by Crippen LogP contribution is 2.09. The molecule has 1 aliphatic heterocycles. The van der Waals surface area contributed by atoms with Crippen LogP contribution in [0.25, 0.3) is 0 Å². The molecule has 0 radical (unpaired) electrons. The molecular formula is C14H19FN2O3S. The Bertz CT molecular complexity index is 581. The van der Waals surface area contributed by atoms with Gasteiger partial charge in [0.25, 0.3) is 0 Å². The number of piperidine rings is 1. The molecule has 5 nitrogen and oxygen atoms in total. The summed E-state index contributed by atoms with van der Waals surface area (Å²) in [6.45, 7) is 1.17. The molecule has 1 amide bonds. The second-order valence-electron chi connectivity index (χ2n) is 5.15. The molecule has 21 heavy (non-hydrogen) atoms. The van der Waals surface area contributed by atoms with Crippen molar-refractivity contribution in [2.24, 2.45) is 0 Å². The number of hydrogen-bond donors (Lipinski definition) is 1. The average Bonchev–Trinajstić information content (AvgIpc) is 2.48. The molecule has 0 unspecified atom stereocenters. The minimum atomic E-state index is -3.60. The van der Waals surface area contributed by atoms with Crippen molar-refractivity contribution in [2.75, 3.05) is 19.6 Å². The zero-order valence-electron chi connectivity index (χ0n) is 11.7. The lowest BCUT2D eigenvalue weighted by Gasteiger charge is -2.26. The third kappa shape index (κ3) is 5.09. The summed E-state index contributed by atoms with van der Waals surface area (Å²) in [6.07, 6.45) is 3.04.